The highest BCUT2D eigenvalue weighted by molar-refractivity contribution is 5.80. The molecule has 0 rings (SSSR count). The topological polar surface area (TPSA) is 89.8 Å². The van der Waals surface area contributed by atoms with Crippen molar-refractivity contribution in [1.29, 1.82) is 0 Å². The second kappa shape index (κ2) is 46.0. The average molecular weight is 786 g/mol. The van der Waals surface area contributed by atoms with Gasteiger partial charge in [-0.15, -0.1) is 0 Å². The summed E-state index contributed by atoms with van der Waals surface area (Å²) >= 11 is 0. The first-order valence-electron chi connectivity index (χ1n) is 24.5. The third-order valence-electron chi connectivity index (χ3n) is 11.1. The summed E-state index contributed by atoms with van der Waals surface area (Å²) in [6, 6.07) is -0.819. The van der Waals surface area contributed by atoms with Gasteiger partial charge in [0.25, 0.3) is 0 Å². The number of nitrogens with one attached hydrogen (secondary N) is 1. The molecule has 5 nitrogen and oxygen atoms in total. The minimum absolute atomic E-state index is 0.382. The Balaban J connectivity index is 3.53. The molecule has 0 aromatic heterocycles. The molecule has 0 radical (unpaired) electrons. The van der Waals surface area contributed by atoms with Crippen molar-refractivity contribution in [2.24, 2.45) is 0 Å². The lowest BCUT2D eigenvalue weighted by molar-refractivity contribution is -0.131. The fraction of sp³-hybridized carbons (Fsp3) is 0.824. The molecule has 0 aliphatic heterocycles. The number of rotatable bonds is 44. The highest BCUT2D eigenvalue weighted by atomic mass is 16.3. The summed E-state index contributed by atoms with van der Waals surface area (Å²) in [5.74, 6) is -0.518. The van der Waals surface area contributed by atoms with Crippen LogP contribution in [0.25, 0.3) is 0 Å². The van der Waals surface area contributed by atoms with E-state index in [1.165, 1.54) is 173 Å². The van der Waals surface area contributed by atoms with Crippen LogP contribution in [0.1, 0.15) is 245 Å². The molecule has 0 heterocycles. The largest absolute Gasteiger partial charge is 0.394 e. The van der Waals surface area contributed by atoms with Crippen LogP contribution >= 0.6 is 0 Å². The number of hydrogen-bond donors (Lipinski definition) is 4. The van der Waals surface area contributed by atoms with E-state index < -0.39 is 24.2 Å². The fourth-order valence-electron chi connectivity index (χ4n) is 7.28. The summed E-state index contributed by atoms with van der Waals surface area (Å²) in [6.07, 6.45) is 60.4. The van der Waals surface area contributed by atoms with Crippen molar-refractivity contribution >= 4 is 5.91 Å². The number of carbonyl (C=O) groups excluding carboxylic acids is 1. The van der Waals surface area contributed by atoms with E-state index in [1.807, 2.05) is 6.08 Å². The minimum atomic E-state index is -1.11. The monoisotopic (exact) mass is 786 g/mol. The molecular weight excluding hydrogens is 691 g/mol. The van der Waals surface area contributed by atoms with E-state index in [2.05, 4.69) is 55.6 Å². The van der Waals surface area contributed by atoms with E-state index in [9.17, 15) is 20.1 Å². The Kier molecular flexibility index (Phi) is 44.6. The summed E-state index contributed by atoms with van der Waals surface area (Å²) < 4.78 is 0. The predicted octanol–water partition coefficient (Wildman–Crippen LogP) is 14.5. The maximum atomic E-state index is 12.5. The van der Waals surface area contributed by atoms with Gasteiger partial charge in [-0.25, -0.2) is 0 Å². The molecule has 0 saturated heterocycles. The number of unbranched alkanes of at least 4 members (excludes halogenated alkanes) is 30. The molecule has 4 N–H and O–H groups in total. The smallest absolute Gasteiger partial charge is 0.249 e. The molecule has 3 unspecified atom stereocenters. The average Bonchev–Trinajstić information content (AvgIpc) is 3.20. The van der Waals surface area contributed by atoms with E-state index in [4.69, 9.17) is 0 Å². The number of allylic oxidation sites excluding steroid dienone is 7. The summed E-state index contributed by atoms with van der Waals surface area (Å²) in [4.78, 5) is 12.5. The Bertz CT molecular complexity index is 912. The fourth-order valence-corrected chi connectivity index (χ4v) is 7.28. The highest BCUT2D eigenvalue weighted by Gasteiger charge is 2.22. The van der Waals surface area contributed by atoms with Crippen molar-refractivity contribution in [3.63, 3.8) is 0 Å². The van der Waals surface area contributed by atoms with Crippen LogP contribution in [-0.4, -0.2) is 46.1 Å². The third-order valence-corrected chi connectivity index (χ3v) is 11.1. The molecule has 1 amide bonds. The van der Waals surface area contributed by atoms with Crippen LogP contribution in [0.2, 0.25) is 0 Å². The Morgan fingerprint density at radius 2 is 0.768 bits per heavy atom. The molecule has 0 aromatic rings. The van der Waals surface area contributed by atoms with Gasteiger partial charge in [-0.1, -0.05) is 229 Å². The molecule has 328 valence electrons. The zero-order chi connectivity index (χ0) is 40.8. The second-order valence-electron chi connectivity index (χ2n) is 16.6. The minimum Gasteiger partial charge on any atom is -0.394 e. The van der Waals surface area contributed by atoms with Gasteiger partial charge in [-0.3, -0.25) is 4.79 Å². The van der Waals surface area contributed by atoms with Crippen molar-refractivity contribution in [3.05, 3.63) is 48.6 Å². The number of aliphatic hydroxyl groups is 3. The van der Waals surface area contributed by atoms with E-state index in [-0.39, 0.29) is 6.61 Å². The summed E-state index contributed by atoms with van der Waals surface area (Å²) in [5.41, 5.74) is 0. The first-order valence-corrected chi connectivity index (χ1v) is 24.5. The van der Waals surface area contributed by atoms with Gasteiger partial charge in [0, 0.05) is 0 Å². The van der Waals surface area contributed by atoms with Crippen LogP contribution in [0.3, 0.4) is 0 Å². The van der Waals surface area contributed by atoms with Crippen LogP contribution in [-0.2, 0) is 4.79 Å². The lowest BCUT2D eigenvalue weighted by atomic mass is 10.0. The van der Waals surface area contributed by atoms with Gasteiger partial charge in [-0.2, -0.15) is 0 Å². The summed E-state index contributed by atoms with van der Waals surface area (Å²) in [5, 5.41) is 33.0. The Morgan fingerprint density at radius 3 is 1.16 bits per heavy atom. The number of hydrogen-bond acceptors (Lipinski definition) is 4. The van der Waals surface area contributed by atoms with Crippen molar-refractivity contribution in [3.8, 4) is 0 Å². The molecule has 0 aliphatic rings. The van der Waals surface area contributed by atoms with Gasteiger partial charge in [0.15, 0.2) is 0 Å². The molecule has 5 heteroatoms. The van der Waals surface area contributed by atoms with E-state index in [0.717, 1.165) is 51.4 Å². The zero-order valence-corrected chi connectivity index (χ0v) is 37.3. The number of carbonyl (C=O) groups is 1. The van der Waals surface area contributed by atoms with Gasteiger partial charge in [0.2, 0.25) is 5.91 Å². The molecule has 56 heavy (non-hydrogen) atoms. The maximum Gasteiger partial charge on any atom is 0.249 e. The second-order valence-corrected chi connectivity index (χ2v) is 16.6. The van der Waals surface area contributed by atoms with Crippen LogP contribution in [0, 0.1) is 0 Å². The first-order chi connectivity index (χ1) is 27.6. The van der Waals surface area contributed by atoms with Crippen LogP contribution < -0.4 is 5.32 Å². The summed E-state index contributed by atoms with van der Waals surface area (Å²) in [7, 11) is 0. The summed E-state index contributed by atoms with van der Waals surface area (Å²) in [6.45, 7) is 4.09. The molecule has 3 atom stereocenters. The number of amides is 1. The van der Waals surface area contributed by atoms with E-state index in [0.29, 0.717) is 6.42 Å². The molecule has 0 bridgehead atoms. The van der Waals surface area contributed by atoms with Crippen molar-refractivity contribution in [2.45, 2.75) is 263 Å². The third kappa shape index (κ3) is 40.5. The van der Waals surface area contributed by atoms with Crippen LogP contribution in [0.4, 0.5) is 0 Å². The molecule has 0 spiro atoms. The number of aliphatic hydroxyl groups excluding tert-OH is 3. The molecule has 0 aliphatic carbocycles. The van der Waals surface area contributed by atoms with Gasteiger partial charge in [-0.05, 0) is 64.2 Å². The van der Waals surface area contributed by atoms with Gasteiger partial charge < -0.3 is 20.6 Å². The van der Waals surface area contributed by atoms with E-state index >= 15 is 0 Å². The lowest BCUT2D eigenvalue weighted by Gasteiger charge is -2.21. The SMILES string of the molecule is CCC/C=C/CC/C=C/CC/C=C/C(O)C(CO)NC(=O)C(O)CCCCCCCCCCCCCCCCC/C=C\CCCCCCCCCCCCCC. The molecular formula is C51H95NO4. The van der Waals surface area contributed by atoms with Gasteiger partial charge in [0.05, 0.1) is 18.8 Å². The van der Waals surface area contributed by atoms with Gasteiger partial charge >= 0.3 is 0 Å². The molecule has 0 fully saturated rings. The van der Waals surface area contributed by atoms with Crippen LogP contribution in [0.15, 0.2) is 48.6 Å². The predicted molar refractivity (Wildman–Crippen MR) is 245 cm³/mol. The Morgan fingerprint density at radius 1 is 0.429 bits per heavy atom. The standard InChI is InChI=1S/C51H95NO4/c1-3-5-7-9-11-13-15-16-17-18-19-20-21-22-23-24-25-26-27-28-29-30-31-32-33-34-36-38-40-42-44-46-50(55)51(56)52-48(47-53)49(54)45-43-41-39-37-35-14-12-10-8-6-4-2/h8,10,22-23,35,37,43,45,48-50,53-55H,3-7,9,11-21,24-34,36,38-42,44,46-47H2,1-2H3,(H,52,56)/b10-8+,23-22-,37-35+,45-43+. The van der Waals surface area contributed by atoms with Gasteiger partial charge in [0.1, 0.15) is 6.10 Å². The van der Waals surface area contributed by atoms with Crippen molar-refractivity contribution < 1.29 is 20.1 Å². The lowest BCUT2D eigenvalue weighted by Crippen LogP contribution is -2.48. The molecule has 0 aromatic carbocycles. The quantitative estimate of drug-likeness (QED) is 0.0366. The van der Waals surface area contributed by atoms with E-state index in [1.54, 1.807) is 6.08 Å². The first kappa shape index (κ1) is 54.3. The van der Waals surface area contributed by atoms with Crippen LogP contribution in [0.5, 0.6) is 0 Å². The Hall–Kier alpha value is -1.69. The van der Waals surface area contributed by atoms with Crippen molar-refractivity contribution in [2.75, 3.05) is 6.61 Å². The maximum absolute atomic E-state index is 12.5. The zero-order valence-electron chi connectivity index (χ0n) is 37.3. The highest BCUT2D eigenvalue weighted by Crippen LogP contribution is 2.16. The normalized spacial score (nSPS) is 13.9. The Labute approximate surface area is 348 Å². The van der Waals surface area contributed by atoms with Crippen molar-refractivity contribution in [1.82, 2.24) is 5.32 Å². The molecule has 0 saturated carbocycles.